The van der Waals surface area contributed by atoms with E-state index in [0.717, 1.165) is 5.75 Å². The lowest BCUT2D eigenvalue weighted by molar-refractivity contribution is 0.414. The van der Waals surface area contributed by atoms with Gasteiger partial charge in [0.1, 0.15) is 5.75 Å². The number of thioether (sulfide) groups is 1. The lowest BCUT2D eigenvalue weighted by Crippen LogP contribution is -2.33. The third-order valence-electron chi connectivity index (χ3n) is 2.74. The van der Waals surface area contributed by atoms with Crippen LogP contribution in [0.25, 0.3) is 0 Å². The van der Waals surface area contributed by atoms with E-state index >= 15 is 0 Å². The minimum atomic E-state index is -3.36. The first kappa shape index (κ1) is 12.7. The lowest BCUT2D eigenvalue weighted by atomic mass is 10.3. The molecule has 1 saturated heterocycles. The van der Waals surface area contributed by atoms with Crippen molar-refractivity contribution in [1.29, 1.82) is 0 Å². The molecule has 1 heterocycles. The van der Waals surface area contributed by atoms with Crippen LogP contribution in [-0.4, -0.2) is 37.5 Å². The molecule has 0 aromatic heterocycles. The molecule has 1 aromatic carbocycles. The minimum absolute atomic E-state index is 0.0158. The molecule has 0 bridgehead atoms. The van der Waals surface area contributed by atoms with Crippen molar-refractivity contribution < 1.29 is 13.2 Å². The van der Waals surface area contributed by atoms with E-state index in [1.807, 2.05) is 6.92 Å². The van der Waals surface area contributed by atoms with Crippen molar-refractivity contribution in [3.63, 3.8) is 0 Å². The van der Waals surface area contributed by atoms with Crippen molar-refractivity contribution in [3.05, 3.63) is 24.3 Å². The van der Waals surface area contributed by atoms with E-state index in [2.05, 4.69) is 0 Å². The van der Waals surface area contributed by atoms with E-state index in [4.69, 9.17) is 4.74 Å². The topological polar surface area (TPSA) is 46.6 Å². The second-order valence-electron chi connectivity index (χ2n) is 3.76. The SMILES string of the molecule is COc1ccc(S(=O)(=O)N2CCSC2C)cc1. The second-order valence-corrected chi connectivity index (χ2v) is 7.08. The summed E-state index contributed by atoms with van der Waals surface area (Å²) in [4.78, 5) is 0.327. The maximum atomic E-state index is 12.3. The summed E-state index contributed by atoms with van der Waals surface area (Å²) in [6.07, 6.45) is 0. The molecule has 0 N–H and O–H groups in total. The summed E-state index contributed by atoms with van der Waals surface area (Å²) in [5.74, 6) is 1.52. The van der Waals surface area contributed by atoms with E-state index < -0.39 is 10.0 Å². The predicted molar refractivity (Wildman–Crippen MR) is 68.8 cm³/mol. The smallest absolute Gasteiger partial charge is 0.244 e. The number of hydrogen-bond donors (Lipinski definition) is 0. The molecule has 1 aliphatic heterocycles. The first-order valence-corrected chi connectivity index (χ1v) is 7.82. The Morgan fingerprint density at radius 3 is 2.47 bits per heavy atom. The Bertz CT molecular complexity index is 484. The number of nitrogens with zero attached hydrogens (tertiary/aromatic N) is 1. The fourth-order valence-corrected chi connectivity index (χ4v) is 4.80. The fourth-order valence-electron chi connectivity index (χ4n) is 1.78. The van der Waals surface area contributed by atoms with Gasteiger partial charge in [0.25, 0.3) is 0 Å². The third-order valence-corrected chi connectivity index (χ3v) is 6.02. The largest absolute Gasteiger partial charge is 0.497 e. The van der Waals surface area contributed by atoms with E-state index in [0.29, 0.717) is 17.2 Å². The van der Waals surface area contributed by atoms with Crippen molar-refractivity contribution in [3.8, 4) is 5.75 Å². The number of hydrogen-bond acceptors (Lipinski definition) is 4. The van der Waals surface area contributed by atoms with Crippen LogP contribution in [0.15, 0.2) is 29.2 Å². The summed E-state index contributed by atoms with van der Waals surface area (Å²) >= 11 is 1.66. The van der Waals surface area contributed by atoms with Gasteiger partial charge in [-0.25, -0.2) is 8.42 Å². The average molecular weight is 273 g/mol. The first-order valence-electron chi connectivity index (χ1n) is 5.33. The molecular weight excluding hydrogens is 258 g/mol. The summed E-state index contributed by atoms with van der Waals surface area (Å²) in [6, 6.07) is 6.51. The fraction of sp³-hybridized carbons (Fsp3) is 0.455. The van der Waals surface area contributed by atoms with Gasteiger partial charge >= 0.3 is 0 Å². The van der Waals surface area contributed by atoms with Crippen molar-refractivity contribution >= 4 is 21.8 Å². The summed E-state index contributed by atoms with van der Waals surface area (Å²) < 4.78 is 31.2. The number of ether oxygens (including phenoxy) is 1. The molecule has 1 aromatic rings. The van der Waals surface area contributed by atoms with Crippen molar-refractivity contribution in [2.45, 2.75) is 17.2 Å². The van der Waals surface area contributed by atoms with Gasteiger partial charge in [-0.1, -0.05) is 0 Å². The van der Waals surface area contributed by atoms with E-state index in [1.54, 1.807) is 47.4 Å². The standard InChI is InChI=1S/C11H15NO3S2/c1-9-12(7-8-16-9)17(13,14)11-5-3-10(15-2)4-6-11/h3-6,9H,7-8H2,1-2H3. The molecule has 94 valence electrons. The van der Waals surface area contributed by atoms with Gasteiger partial charge in [-0.15, -0.1) is 11.8 Å². The Labute approximate surface area is 106 Å². The molecule has 2 rings (SSSR count). The van der Waals surface area contributed by atoms with Crippen LogP contribution in [0.5, 0.6) is 5.75 Å². The van der Waals surface area contributed by atoms with Crippen molar-refractivity contribution in [1.82, 2.24) is 4.31 Å². The predicted octanol–water partition coefficient (Wildman–Crippen LogP) is 1.78. The Hall–Kier alpha value is -0.720. The van der Waals surface area contributed by atoms with Gasteiger partial charge in [-0.2, -0.15) is 4.31 Å². The summed E-state index contributed by atoms with van der Waals surface area (Å²) in [6.45, 7) is 2.50. The normalized spacial score (nSPS) is 21.6. The summed E-state index contributed by atoms with van der Waals surface area (Å²) in [7, 11) is -1.80. The zero-order valence-electron chi connectivity index (χ0n) is 9.79. The Balaban J connectivity index is 2.31. The first-order chi connectivity index (χ1) is 8.05. The number of sulfonamides is 1. The molecule has 0 saturated carbocycles. The minimum Gasteiger partial charge on any atom is -0.497 e. The molecule has 4 nitrogen and oxygen atoms in total. The van der Waals surface area contributed by atoms with Crippen LogP contribution < -0.4 is 4.74 Å². The van der Waals surface area contributed by atoms with Crippen molar-refractivity contribution in [2.75, 3.05) is 19.4 Å². The molecule has 0 aliphatic carbocycles. The quantitative estimate of drug-likeness (QED) is 0.842. The van der Waals surface area contributed by atoms with Crippen LogP contribution in [0.1, 0.15) is 6.92 Å². The van der Waals surface area contributed by atoms with Crippen LogP contribution >= 0.6 is 11.8 Å². The van der Waals surface area contributed by atoms with Crippen LogP contribution in [0, 0.1) is 0 Å². The molecule has 0 amide bonds. The average Bonchev–Trinajstić information content (AvgIpc) is 2.76. The molecule has 1 atom stereocenters. The highest BCUT2D eigenvalue weighted by molar-refractivity contribution is 8.01. The van der Waals surface area contributed by atoms with Gasteiger partial charge in [-0.05, 0) is 31.2 Å². The van der Waals surface area contributed by atoms with Crippen LogP contribution in [0.3, 0.4) is 0 Å². The van der Waals surface area contributed by atoms with E-state index in [9.17, 15) is 8.42 Å². The van der Waals surface area contributed by atoms with E-state index in [1.165, 1.54) is 0 Å². The highest BCUT2D eigenvalue weighted by Gasteiger charge is 2.32. The van der Waals surface area contributed by atoms with Gasteiger partial charge in [0, 0.05) is 12.3 Å². The highest BCUT2D eigenvalue weighted by Crippen LogP contribution is 2.29. The van der Waals surface area contributed by atoms with Gasteiger partial charge in [0.2, 0.25) is 10.0 Å². The number of methoxy groups -OCH3 is 1. The second kappa shape index (κ2) is 4.88. The van der Waals surface area contributed by atoms with Gasteiger partial charge in [0.05, 0.1) is 17.4 Å². The van der Waals surface area contributed by atoms with Gasteiger partial charge < -0.3 is 4.74 Å². The zero-order valence-corrected chi connectivity index (χ0v) is 11.4. The Morgan fingerprint density at radius 2 is 2.00 bits per heavy atom. The Morgan fingerprint density at radius 1 is 1.35 bits per heavy atom. The molecular formula is C11H15NO3S2. The van der Waals surface area contributed by atoms with Crippen LogP contribution in [0.2, 0.25) is 0 Å². The summed E-state index contributed by atoms with van der Waals surface area (Å²) in [5, 5.41) is 0.0158. The van der Waals surface area contributed by atoms with E-state index in [-0.39, 0.29) is 5.37 Å². The maximum Gasteiger partial charge on any atom is 0.244 e. The Kier molecular flexibility index (Phi) is 3.65. The lowest BCUT2D eigenvalue weighted by Gasteiger charge is -2.20. The maximum absolute atomic E-state index is 12.3. The number of benzene rings is 1. The van der Waals surface area contributed by atoms with Gasteiger partial charge in [-0.3, -0.25) is 0 Å². The zero-order chi connectivity index (χ0) is 12.5. The molecule has 1 fully saturated rings. The van der Waals surface area contributed by atoms with Crippen molar-refractivity contribution in [2.24, 2.45) is 0 Å². The summed E-state index contributed by atoms with van der Waals surface area (Å²) in [5.41, 5.74) is 0. The molecule has 0 radical (unpaired) electrons. The monoisotopic (exact) mass is 273 g/mol. The molecule has 17 heavy (non-hydrogen) atoms. The molecule has 1 aliphatic rings. The van der Waals surface area contributed by atoms with Gasteiger partial charge in [0.15, 0.2) is 0 Å². The van der Waals surface area contributed by atoms with Crippen LogP contribution in [0.4, 0.5) is 0 Å². The molecule has 1 unspecified atom stereocenters. The van der Waals surface area contributed by atoms with Crippen LogP contribution in [-0.2, 0) is 10.0 Å². The highest BCUT2D eigenvalue weighted by atomic mass is 32.2. The third kappa shape index (κ3) is 2.43. The molecule has 0 spiro atoms. The number of rotatable bonds is 3. The molecule has 6 heteroatoms.